The number of rotatable bonds is 2. The molecule has 3 heterocycles. The molecule has 1 aliphatic heterocycles. The first-order valence-corrected chi connectivity index (χ1v) is 6.73. The molecule has 0 aromatic carbocycles. The molecule has 0 bridgehead atoms. The number of amides is 1. The van der Waals surface area contributed by atoms with Crippen LogP contribution in [0.1, 0.15) is 16.6 Å². The van der Waals surface area contributed by atoms with E-state index in [1.165, 1.54) is 0 Å². The van der Waals surface area contributed by atoms with Gasteiger partial charge in [-0.05, 0) is 13.1 Å². The average molecular weight is 262 g/mol. The standard InChI is InChI=1S/C12H14N4OS/c1-13-10-11-9(15-7-18-11)3-5-16(12(10)17)8-2-4-14-6-8/h2,4,6-7,10,13-14H,3,5H2,1H3. The van der Waals surface area contributed by atoms with Crippen molar-refractivity contribution in [3.8, 4) is 0 Å². The third kappa shape index (κ3) is 1.74. The van der Waals surface area contributed by atoms with Crippen LogP contribution in [0.15, 0.2) is 24.0 Å². The van der Waals surface area contributed by atoms with Gasteiger partial charge in [0.05, 0.1) is 21.8 Å². The van der Waals surface area contributed by atoms with Crippen LogP contribution < -0.4 is 10.2 Å². The summed E-state index contributed by atoms with van der Waals surface area (Å²) < 4.78 is 0. The van der Waals surface area contributed by atoms with Crippen molar-refractivity contribution in [2.75, 3.05) is 18.5 Å². The molecular weight excluding hydrogens is 248 g/mol. The Morgan fingerprint density at radius 1 is 1.61 bits per heavy atom. The molecule has 1 atom stereocenters. The van der Waals surface area contributed by atoms with E-state index in [1.807, 2.05) is 35.9 Å². The van der Waals surface area contributed by atoms with Crippen molar-refractivity contribution in [3.63, 3.8) is 0 Å². The molecule has 2 aromatic rings. The number of likely N-dealkylation sites (N-methyl/N-ethyl adjacent to an activating group) is 1. The highest BCUT2D eigenvalue weighted by molar-refractivity contribution is 7.10. The fourth-order valence-corrected chi connectivity index (χ4v) is 3.23. The zero-order valence-electron chi connectivity index (χ0n) is 10.0. The molecule has 18 heavy (non-hydrogen) atoms. The van der Waals surface area contributed by atoms with Crippen molar-refractivity contribution in [1.29, 1.82) is 0 Å². The fourth-order valence-electron chi connectivity index (χ4n) is 2.29. The minimum atomic E-state index is -0.287. The Balaban J connectivity index is 1.99. The first-order chi connectivity index (χ1) is 8.81. The van der Waals surface area contributed by atoms with E-state index in [1.54, 1.807) is 11.3 Å². The fraction of sp³-hybridized carbons (Fsp3) is 0.333. The predicted molar refractivity (Wildman–Crippen MR) is 70.8 cm³/mol. The Morgan fingerprint density at radius 3 is 3.22 bits per heavy atom. The summed E-state index contributed by atoms with van der Waals surface area (Å²) in [4.78, 5) is 22.8. The second kappa shape index (κ2) is 4.55. The molecule has 94 valence electrons. The van der Waals surface area contributed by atoms with Crippen molar-refractivity contribution in [2.45, 2.75) is 12.5 Å². The van der Waals surface area contributed by atoms with Crippen LogP contribution in [0.2, 0.25) is 0 Å². The summed E-state index contributed by atoms with van der Waals surface area (Å²) in [6.45, 7) is 0.672. The Hall–Kier alpha value is -1.66. The van der Waals surface area contributed by atoms with Crippen LogP contribution in [-0.2, 0) is 11.2 Å². The highest BCUT2D eigenvalue weighted by atomic mass is 32.1. The molecule has 6 heteroatoms. The lowest BCUT2D eigenvalue weighted by molar-refractivity contribution is -0.120. The van der Waals surface area contributed by atoms with E-state index < -0.39 is 0 Å². The topological polar surface area (TPSA) is 61.0 Å². The number of aromatic amines is 1. The van der Waals surface area contributed by atoms with Crippen LogP contribution in [0.3, 0.4) is 0 Å². The summed E-state index contributed by atoms with van der Waals surface area (Å²) in [6, 6.07) is 1.63. The van der Waals surface area contributed by atoms with E-state index in [9.17, 15) is 4.79 Å². The minimum Gasteiger partial charge on any atom is -0.366 e. The lowest BCUT2D eigenvalue weighted by atomic mass is 10.2. The number of carbonyl (C=O) groups is 1. The van der Waals surface area contributed by atoms with E-state index in [2.05, 4.69) is 15.3 Å². The van der Waals surface area contributed by atoms with Gasteiger partial charge in [0.25, 0.3) is 0 Å². The highest BCUT2D eigenvalue weighted by Crippen LogP contribution is 2.29. The van der Waals surface area contributed by atoms with Gasteiger partial charge in [-0.3, -0.25) is 4.79 Å². The van der Waals surface area contributed by atoms with Gasteiger partial charge in [-0.1, -0.05) is 0 Å². The number of hydrogen-bond donors (Lipinski definition) is 2. The Morgan fingerprint density at radius 2 is 2.50 bits per heavy atom. The summed E-state index contributed by atoms with van der Waals surface area (Å²) in [7, 11) is 1.81. The molecule has 1 amide bonds. The van der Waals surface area contributed by atoms with Gasteiger partial charge in [-0.15, -0.1) is 11.3 Å². The van der Waals surface area contributed by atoms with Gasteiger partial charge >= 0.3 is 0 Å². The summed E-state index contributed by atoms with van der Waals surface area (Å²) in [5.74, 6) is 0.0834. The molecule has 0 saturated heterocycles. The van der Waals surface area contributed by atoms with E-state index >= 15 is 0 Å². The molecule has 0 saturated carbocycles. The second-order valence-electron chi connectivity index (χ2n) is 4.19. The van der Waals surface area contributed by atoms with Gasteiger partial charge < -0.3 is 15.2 Å². The van der Waals surface area contributed by atoms with Crippen LogP contribution in [0.4, 0.5) is 5.69 Å². The lowest BCUT2D eigenvalue weighted by Crippen LogP contribution is -2.38. The Bertz CT molecular complexity index is 548. The molecule has 5 nitrogen and oxygen atoms in total. The van der Waals surface area contributed by atoms with Gasteiger partial charge in [0, 0.05) is 25.4 Å². The van der Waals surface area contributed by atoms with Crippen molar-refractivity contribution in [2.24, 2.45) is 0 Å². The molecule has 2 N–H and O–H groups in total. The van der Waals surface area contributed by atoms with E-state index in [0.29, 0.717) is 6.54 Å². The minimum absolute atomic E-state index is 0.0834. The van der Waals surface area contributed by atoms with Gasteiger partial charge in [-0.2, -0.15) is 0 Å². The Kier molecular flexibility index (Phi) is 2.89. The molecule has 0 fully saturated rings. The molecule has 3 rings (SSSR count). The number of nitrogens with zero attached hydrogens (tertiary/aromatic N) is 2. The zero-order valence-corrected chi connectivity index (χ0v) is 10.8. The van der Waals surface area contributed by atoms with Crippen molar-refractivity contribution < 1.29 is 4.79 Å². The number of fused-ring (bicyclic) bond motifs is 1. The molecule has 2 aromatic heterocycles. The van der Waals surface area contributed by atoms with Gasteiger partial charge in [0.1, 0.15) is 6.04 Å². The summed E-state index contributed by atoms with van der Waals surface area (Å²) in [6.07, 6.45) is 4.47. The maximum atomic E-state index is 12.6. The number of hydrogen-bond acceptors (Lipinski definition) is 4. The lowest BCUT2D eigenvalue weighted by Gasteiger charge is -2.22. The number of anilines is 1. The number of H-pyrrole nitrogens is 1. The third-order valence-electron chi connectivity index (χ3n) is 3.20. The van der Waals surface area contributed by atoms with Crippen LogP contribution >= 0.6 is 11.3 Å². The predicted octanol–water partition coefficient (Wildman–Crippen LogP) is 1.32. The molecule has 0 aliphatic carbocycles. The first-order valence-electron chi connectivity index (χ1n) is 5.85. The van der Waals surface area contributed by atoms with Gasteiger partial charge in [0.15, 0.2) is 0 Å². The van der Waals surface area contributed by atoms with Gasteiger partial charge in [-0.25, -0.2) is 4.98 Å². The van der Waals surface area contributed by atoms with Crippen LogP contribution in [0.25, 0.3) is 0 Å². The number of carbonyl (C=O) groups excluding carboxylic acids is 1. The highest BCUT2D eigenvalue weighted by Gasteiger charge is 2.32. The van der Waals surface area contributed by atoms with E-state index in [4.69, 9.17) is 0 Å². The average Bonchev–Trinajstić information content (AvgIpc) is 3.01. The van der Waals surface area contributed by atoms with Crippen molar-refractivity contribution in [3.05, 3.63) is 34.5 Å². The molecule has 1 aliphatic rings. The SMILES string of the molecule is CNC1C(=O)N(c2cc[nH]c2)CCc2ncsc21. The monoisotopic (exact) mass is 262 g/mol. The van der Waals surface area contributed by atoms with Gasteiger partial charge in [0.2, 0.25) is 5.91 Å². The van der Waals surface area contributed by atoms with E-state index in [0.717, 1.165) is 22.7 Å². The molecule has 0 radical (unpaired) electrons. The second-order valence-corrected chi connectivity index (χ2v) is 5.08. The smallest absolute Gasteiger partial charge is 0.249 e. The van der Waals surface area contributed by atoms with Crippen LogP contribution in [0, 0.1) is 0 Å². The number of aromatic nitrogens is 2. The molecule has 1 unspecified atom stereocenters. The normalized spacial score (nSPS) is 19.7. The quantitative estimate of drug-likeness (QED) is 0.858. The van der Waals surface area contributed by atoms with Crippen molar-refractivity contribution >= 4 is 22.9 Å². The number of nitrogens with one attached hydrogen (secondary N) is 2. The van der Waals surface area contributed by atoms with Crippen LogP contribution in [0.5, 0.6) is 0 Å². The third-order valence-corrected chi connectivity index (χ3v) is 4.14. The summed E-state index contributed by atoms with van der Waals surface area (Å²) >= 11 is 1.55. The molecule has 0 spiro atoms. The first kappa shape index (κ1) is 11.4. The maximum Gasteiger partial charge on any atom is 0.249 e. The number of thiazole rings is 1. The maximum absolute atomic E-state index is 12.6. The molecular formula is C12H14N4OS. The van der Waals surface area contributed by atoms with Crippen LogP contribution in [-0.4, -0.2) is 29.5 Å². The van der Waals surface area contributed by atoms with Crippen molar-refractivity contribution in [1.82, 2.24) is 15.3 Å². The van der Waals surface area contributed by atoms with E-state index in [-0.39, 0.29) is 11.9 Å². The Labute approximate surface area is 109 Å². The zero-order chi connectivity index (χ0) is 12.5. The summed E-state index contributed by atoms with van der Waals surface area (Å²) in [5, 5.41) is 3.10. The largest absolute Gasteiger partial charge is 0.366 e. The summed E-state index contributed by atoms with van der Waals surface area (Å²) in [5.41, 5.74) is 3.76.